The zero-order valence-corrected chi connectivity index (χ0v) is 15.9. The topological polar surface area (TPSA) is 58.6 Å². The molecule has 144 valence electrons. The van der Waals surface area contributed by atoms with E-state index in [1.165, 1.54) is 12.4 Å². The number of aromatic nitrogens is 2. The van der Waals surface area contributed by atoms with E-state index in [0.717, 1.165) is 0 Å². The molecule has 1 aromatic carbocycles. The van der Waals surface area contributed by atoms with E-state index in [0.29, 0.717) is 37.8 Å². The Morgan fingerprint density at radius 2 is 2.07 bits per heavy atom. The monoisotopic (exact) mass is 372 g/mol. The van der Waals surface area contributed by atoms with Gasteiger partial charge in [-0.15, -0.1) is 0 Å². The van der Waals surface area contributed by atoms with Crippen LogP contribution in [0.2, 0.25) is 0 Å². The van der Waals surface area contributed by atoms with Gasteiger partial charge in [-0.2, -0.15) is 0 Å². The molecular weight excluding hydrogens is 347 g/mol. The van der Waals surface area contributed by atoms with E-state index in [1.54, 1.807) is 24.3 Å². The number of ether oxygens (including phenoxy) is 1. The average Bonchev–Trinajstić information content (AvgIpc) is 2.63. The smallest absolute Gasteiger partial charge is 0.224 e. The number of rotatable bonds is 5. The Morgan fingerprint density at radius 3 is 2.78 bits per heavy atom. The highest BCUT2D eigenvalue weighted by atomic mass is 19.1. The van der Waals surface area contributed by atoms with Crippen molar-refractivity contribution in [2.24, 2.45) is 5.92 Å². The molecule has 1 aliphatic heterocycles. The van der Waals surface area contributed by atoms with Gasteiger partial charge >= 0.3 is 0 Å². The molecule has 1 saturated heterocycles. The van der Waals surface area contributed by atoms with Gasteiger partial charge in [0.2, 0.25) is 11.8 Å². The quantitative estimate of drug-likeness (QED) is 0.804. The van der Waals surface area contributed by atoms with Crippen LogP contribution in [-0.2, 0) is 4.79 Å². The van der Waals surface area contributed by atoms with Crippen LogP contribution in [0.15, 0.2) is 36.7 Å². The summed E-state index contributed by atoms with van der Waals surface area (Å²) in [5, 5.41) is 0. The summed E-state index contributed by atoms with van der Waals surface area (Å²) in [5.41, 5.74) is 0. The van der Waals surface area contributed by atoms with Gasteiger partial charge in [-0.1, -0.05) is 26.0 Å². The van der Waals surface area contributed by atoms with Crippen molar-refractivity contribution in [2.75, 3.05) is 24.5 Å². The number of hydrogen-bond donors (Lipinski definition) is 0. The van der Waals surface area contributed by atoms with E-state index in [2.05, 4.69) is 28.7 Å². The summed E-state index contributed by atoms with van der Waals surface area (Å²) >= 11 is 0. The number of halogens is 1. The van der Waals surface area contributed by atoms with Crippen molar-refractivity contribution in [1.29, 1.82) is 0 Å². The van der Waals surface area contributed by atoms with Gasteiger partial charge in [-0.05, 0) is 25.0 Å². The maximum absolute atomic E-state index is 13.8. The molecule has 1 fully saturated rings. The van der Waals surface area contributed by atoms with Gasteiger partial charge in [-0.3, -0.25) is 4.79 Å². The van der Waals surface area contributed by atoms with Gasteiger partial charge in [-0.25, -0.2) is 14.4 Å². The second-order valence-corrected chi connectivity index (χ2v) is 7.23. The lowest BCUT2D eigenvalue weighted by molar-refractivity contribution is -0.134. The summed E-state index contributed by atoms with van der Waals surface area (Å²) in [7, 11) is 0. The van der Waals surface area contributed by atoms with E-state index >= 15 is 0 Å². The largest absolute Gasteiger partial charge is 0.436 e. The third kappa shape index (κ3) is 4.72. The van der Waals surface area contributed by atoms with Crippen LogP contribution in [0.25, 0.3) is 0 Å². The molecule has 3 rings (SSSR count). The third-order valence-corrected chi connectivity index (χ3v) is 4.53. The highest BCUT2D eigenvalue weighted by Crippen LogP contribution is 2.25. The van der Waals surface area contributed by atoms with Crippen LogP contribution in [0.3, 0.4) is 0 Å². The van der Waals surface area contributed by atoms with Crippen LogP contribution >= 0.6 is 0 Å². The first kappa shape index (κ1) is 19.1. The van der Waals surface area contributed by atoms with E-state index in [9.17, 15) is 9.18 Å². The number of piperazine rings is 1. The Hall–Kier alpha value is -2.70. The zero-order valence-electron chi connectivity index (χ0n) is 15.9. The van der Waals surface area contributed by atoms with E-state index in [-0.39, 0.29) is 23.6 Å². The Balaban J connectivity index is 1.68. The van der Waals surface area contributed by atoms with Crippen molar-refractivity contribution >= 4 is 11.7 Å². The van der Waals surface area contributed by atoms with Crippen LogP contribution < -0.4 is 9.64 Å². The van der Waals surface area contributed by atoms with E-state index < -0.39 is 5.82 Å². The number of anilines is 1. The Bertz CT molecular complexity index is 799. The molecule has 1 aromatic heterocycles. The van der Waals surface area contributed by atoms with Crippen LogP contribution in [0.1, 0.15) is 27.2 Å². The summed E-state index contributed by atoms with van der Waals surface area (Å²) in [4.78, 5) is 24.8. The highest BCUT2D eigenvalue weighted by molar-refractivity contribution is 5.77. The van der Waals surface area contributed by atoms with Gasteiger partial charge in [0.1, 0.15) is 12.1 Å². The molecule has 6 nitrogen and oxygen atoms in total. The molecule has 0 saturated carbocycles. The minimum absolute atomic E-state index is 0.0934. The lowest BCUT2D eigenvalue weighted by Crippen LogP contribution is -2.54. The first-order valence-corrected chi connectivity index (χ1v) is 9.23. The van der Waals surface area contributed by atoms with Crippen LogP contribution in [0, 0.1) is 11.7 Å². The molecule has 1 atom stereocenters. The van der Waals surface area contributed by atoms with Crippen molar-refractivity contribution in [1.82, 2.24) is 14.9 Å². The van der Waals surface area contributed by atoms with Crippen LogP contribution in [-0.4, -0.2) is 46.5 Å². The van der Waals surface area contributed by atoms with Crippen molar-refractivity contribution in [3.8, 4) is 11.6 Å². The third-order valence-electron chi connectivity index (χ3n) is 4.53. The first-order chi connectivity index (χ1) is 12.9. The number of amides is 1. The zero-order chi connectivity index (χ0) is 19.4. The molecule has 0 N–H and O–H groups in total. The maximum atomic E-state index is 13.8. The average molecular weight is 372 g/mol. The molecule has 1 unspecified atom stereocenters. The van der Waals surface area contributed by atoms with E-state index in [4.69, 9.17) is 4.74 Å². The van der Waals surface area contributed by atoms with Crippen LogP contribution in [0.4, 0.5) is 10.2 Å². The van der Waals surface area contributed by atoms with E-state index in [1.807, 2.05) is 11.8 Å². The maximum Gasteiger partial charge on any atom is 0.224 e. The van der Waals surface area contributed by atoms with Crippen molar-refractivity contribution in [3.63, 3.8) is 0 Å². The molecule has 7 heteroatoms. The summed E-state index contributed by atoms with van der Waals surface area (Å²) in [6.07, 6.45) is 1.98. The standard InChI is InChI=1S/C20H25FN4O2/c1-14(2)10-20(26)25-9-8-24(12-15(25)3)18-11-19(23-13-22-18)27-17-7-5-4-6-16(17)21/h4-7,11,13-15H,8-10,12H2,1-3H3. The fourth-order valence-electron chi connectivity index (χ4n) is 3.20. The molecular formula is C20H25FN4O2. The van der Waals surface area contributed by atoms with Gasteiger partial charge in [0.05, 0.1) is 0 Å². The normalized spacial score (nSPS) is 17.3. The SMILES string of the molecule is CC(C)CC(=O)N1CCN(c2cc(Oc3ccccc3F)ncn2)CC1C. The molecule has 0 bridgehead atoms. The van der Waals surface area contributed by atoms with Crippen molar-refractivity contribution in [2.45, 2.75) is 33.2 Å². The summed E-state index contributed by atoms with van der Waals surface area (Å²) < 4.78 is 19.3. The second-order valence-electron chi connectivity index (χ2n) is 7.23. The van der Waals surface area contributed by atoms with Gasteiger partial charge < -0.3 is 14.5 Å². The number of hydrogen-bond acceptors (Lipinski definition) is 5. The predicted molar refractivity (Wildman–Crippen MR) is 101 cm³/mol. The molecule has 0 radical (unpaired) electrons. The minimum Gasteiger partial charge on any atom is -0.436 e. The molecule has 1 aliphatic rings. The fourth-order valence-corrected chi connectivity index (χ4v) is 3.20. The minimum atomic E-state index is -0.441. The van der Waals surface area contributed by atoms with Gasteiger partial charge in [0, 0.05) is 38.2 Å². The van der Waals surface area contributed by atoms with Gasteiger partial charge in [0.25, 0.3) is 0 Å². The Morgan fingerprint density at radius 1 is 1.30 bits per heavy atom. The number of nitrogens with zero attached hydrogens (tertiary/aromatic N) is 4. The summed E-state index contributed by atoms with van der Waals surface area (Å²) in [6, 6.07) is 8.00. The number of para-hydroxylation sites is 1. The molecule has 0 spiro atoms. The molecule has 27 heavy (non-hydrogen) atoms. The fraction of sp³-hybridized carbons (Fsp3) is 0.450. The predicted octanol–water partition coefficient (Wildman–Crippen LogP) is 3.49. The number of benzene rings is 1. The molecule has 2 heterocycles. The lowest BCUT2D eigenvalue weighted by atomic mass is 10.1. The summed E-state index contributed by atoms with van der Waals surface area (Å²) in [6.45, 7) is 8.17. The second kappa shape index (κ2) is 8.33. The molecule has 2 aromatic rings. The van der Waals surface area contributed by atoms with Crippen molar-refractivity contribution in [3.05, 3.63) is 42.5 Å². The summed E-state index contributed by atoms with van der Waals surface area (Å²) in [5.74, 6) is 1.23. The number of carbonyl (C=O) groups excluding carboxylic acids is 1. The molecule has 0 aliphatic carbocycles. The Kier molecular flexibility index (Phi) is 5.88. The highest BCUT2D eigenvalue weighted by Gasteiger charge is 2.28. The first-order valence-electron chi connectivity index (χ1n) is 9.23. The van der Waals surface area contributed by atoms with Gasteiger partial charge in [0.15, 0.2) is 11.6 Å². The number of carbonyl (C=O) groups is 1. The lowest BCUT2D eigenvalue weighted by Gasteiger charge is -2.40. The molecule has 1 amide bonds. The van der Waals surface area contributed by atoms with Crippen molar-refractivity contribution < 1.29 is 13.9 Å². The Labute approximate surface area is 159 Å². The van der Waals surface area contributed by atoms with Crippen LogP contribution in [0.5, 0.6) is 11.6 Å².